The quantitative estimate of drug-likeness (QED) is 0.666. The van der Waals surface area contributed by atoms with Crippen LogP contribution in [0.15, 0.2) is 53.0 Å². The number of aromatic nitrogens is 1. The van der Waals surface area contributed by atoms with Crippen molar-refractivity contribution >= 4 is 37.5 Å². The van der Waals surface area contributed by atoms with Crippen molar-refractivity contribution in [3.8, 4) is 0 Å². The lowest BCUT2D eigenvalue weighted by molar-refractivity contribution is 0.493. The number of hydrogen-bond donors (Lipinski definition) is 1. The predicted octanol–water partition coefficient (Wildman–Crippen LogP) is 5.47. The van der Waals surface area contributed by atoms with Crippen molar-refractivity contribution < 1.29 is 0 Å². The number of nitrogens with zero attached hydrogens (tertiary/aromatic N) is 1. The van der Waals surface area contributed by atoms with Gasteiger partial charge in [-0.05, 0) is 43.7 Å². The second-order valence-electron chi connectivity index (χ2n) is 5.18. The zero-order valence-electron chi connectivity index (χ0n) is 12.0. The maximum absolute atomic E-state index is 4.72. The number of rotatable bonds is 4. The summed E-state index contributed by atoms with van der Waals surface area (Å²) < 4.78 is 2.36. The van der Waals surface area contributed by atoms with Crippen LogP contribution in [-0.2, 0) is 0 Å². The van der Waals surface area contributed by atoms with E-state index in [9.17, 15) is 0 Å². The Balaban J connectivity index is 1.75. The molecule has 21 heavy (non-hydrogen) atoms. The lowest BCUT2D eigenvalue weighted by atomic mass is 10.1. The van der Waals surface area contributed by atoms with E-state index in [0.29, 0.717) is 6.04 Å². The molecule has 1 N–H and O–H groups in total. The molecule has 2 nitrogen and oxygen atoms in total. The molecule has 0 bridgehead atoms. The second kappa shape index (κ2) is 6.26. The summed E-state index contributed by atoms with van der Waals surface area (Å²) in [6, 6.07) is 17.3. The summed E-state index contributed by atoms with van der Waals surface area (Å²) >= 11 is 5.24. The molecule has 0 aliphatic heterocycles. The van der Waals surface area contributed by atoms with E-state index in [0.717, 1.165) is 15.0 Å². The molecule has 2 unspecified atom stereocenters. The first kappa shape index (κ1) is 14.7. The fourth-order valence-electron chi connectivity index (χ4n) is 2.37. The van der Waals surface area contributed by atoms with Gasteiger partial charge in [-0.3, -0.25) is 0 Å². The predicted molar refractivity (Wildman–Crippen MR) is 93.7 cm³/mol. The molecule has 3 rings (SSSR count). The Morgan fingerprint density at radius 3 is 2.43 bits per heavy atom. The molecule has 0 spiro atoms. The van der Waals surface area contributed by atoms with Gasteiger partial charge >= 0.3 is 0 Å². The van der Waals surface area contributed by atoms with E-state index in [1.807, 2.05) is 6.07 Å². The second-order valence-corrected chi connectivity index (χ2v) is 7.16. The van der Waals surface area contributed by atoms with Gasteiger partial charge in [0.25, 0.3) is 0 Å². The Hall–Kier alpha value is -1.23. The summed E-state index contributed by atoms with van der Waals surface area (Å²) in [6.07, 6.45) is 0. The molecular formula is C17H17BrN2S. The third-order valence-electron chi connectivity index (χ3n) is 3.55. The van der Waals surface area contributed by atoms with Crippen molar-refractivity contribution in [2.75, 3.05) is 0 Å². The average molecular weight is 361 g/mol. The van der Waals surface area contributed by atoms with Gasteiger partial charge in [0.1, 0.15) is 5.01 Å². The number of nitrogens with one attached hydrogen (secondary N) is 1. The first-order valence-corrected chi connectivity index (χ1v) is 8.61. The maximum atomic E-state index is 4.72. The number of halogens is 1. The molecule has 2 aromatic carbocycles. The molecule has 4 heteroatoms. The van der Waals surface area contributed by atoms with Crippen LogP contribution in [0.1, 0.15) is 36.5 Å². The van der Waals surface area contributed by atoms with Gasteiger partial charge in [0.15, 0.2) is 0 Å². The van der Waals surface area contributed by atoms with E-state index in [-0.39, 0.29) is 6.04 Å². The normalized spacial score (nSPS) is 14.2. The SMILES string of the molecule is CC(NC(C)c1nc2ccccc2s1)c1ccc(Br)cc1. The van der Waals surface area contributed by atoms with Crippen LogP contribution < -0.4 is 5.32 Å². The van der Waals surface area contributed by atoms with E-state index >= 15 is 0 Å². The van der Waals surface area contributed by atoms with Crippen LogP contribution in [0, 0.1) is 0 Å². The van der Waals surface area contributed by atoms with Gasteiger partial charge in [-0.15, -0.1) is 11.3 Å². The number of benzene rings is 2. The third-order valence-corrected chi connectivity index (χ3v) is 5.30. The molecule has 108 valence electrons. The van der Waals surface area contributed by atoms with E-state index in [1.165, 1.54) is 10.3 Å². The topological polar surface area (TPSA) is 24.9 Å². The Morgan fingerprint density at radius 1 is 1.00 bits per heavy atom. The molecule has 1 aromatic heterocycles. The lowest BCUT2D eigenvalue weighted by Gasteiger charge is -2.18. The number of hydrogen-bond acceptors (Lipinski definition) is 3. The van der Waals surface area contributed by atoms with Crippen molar-refractivity contribution in [1.29, 1.82) is 0 Å². The average Bonchev–Trinajstić information content (AvgIpc) is 2.92. The summed E-state index contributed by atoms with van der Waals surface area (Å²) in [7, 11) is 0. The minimum Gasteiger partial charge on any atom is -0.302 e. The van der Waals surface area contributed by atoms with Crippen LogP contribution in [0.25, 0.3) is 10.2 Å². The summed E-state index contributed by atoms with van der Waals surface area (Å²) in [5, 5.41) is 4.76. The molecule has 3 aromatic rings. The summed E-state index contributed by atoms with van der Waals surface area (Å²) in [6.45, 7) is 4.36. The van der Waals surface area contributed by atoms with Crippen LogP contribution in [-0.4, -0.2) is 4.98 Å². The standard InChI is InChI=1S/C17H17BrN2S/c1-11(13-7-9-14(18)10-8-13)19-12(2)17-20-15-5-3-4-6-16(15)21-17/h3-12,19H,1-2H3. The minimum atomic E-state index is 0.237. The number of para-hydroxylation sites is 1. The van der Waals surface area contributed by atoms with Gasteiger partial charge in [0, 0.05) is 10.5 Å². The van der Waals surface area contributed by atoms with Crippen LogP contribution in [0.4, 0.5) is 0 Å². The Morgan fingerprint density at radius 2 is 1.71 bits per heavy atom. The molecule has 0 amide bonds. The zero-order chi connectivity index (χ0) is 14.8. The fourth-order valence-corrected chi connectivity index (χ4v) is 3.61. The highest BCUT2D eigenvalue weighted by Gasteiger charge is 2.14. The Labute approximate surface area is 137 Å². The highest BCUT2D eigenvalue weighted by Crippen LogP contribution is 2.28. The van der Waals surface area contributed by atoms with Crippen LogP contribution >= 0.6 is 27.3 Å². The molecule has 2 atom stereocenters. The highest BCUT2D eigenvalue weighted by molar-refractivity contribution is 9.10. The Kier molecular flexibility index (Phi) is 4.38. The lowest BCUT2D eigenvalue weighted by Crippen LogP contribution is -2.22. The van der Waals surface area contributed by atoms with Crippen molar-refractivity contribution in [2.45, 2.75) is 25.9 Å². The van der Waals surface area contributed by atoms with Crippen LogP contribution in [0.3, 0.4) is 0 Å². The highest BCUT2D eigenvalue weighted by atomic mass is 79.9. The van der Waals surface area contributed by atoms with Crippen LogP contribution in [0.2, 0.25) is 0 Å². The summed E-state index contributed by atoms with van der Waals surface area (Å²) in [4.78, 5) is 4.72. The number of fused-ring (bicyclic) bond motifs is 1. The van der Waals surface area contributed by atoms with Gasteiger partial charge < -0.3 is 5.32 Å². The van der Waals surface area contributed by atoms with Gasteiger partial charge in [-0.2, -0.15) is 0 Å². The summed E-state index contributed by atoms with van der Waals surface area (Å²) in [5.41, 5.74) is 2.37. The largest absolute Gasteiger partial charge is 0.302 e. The van der Waals surface area contributed by atoms with Gasteiger partial charge in [0.05, 0.1) is 16.3 Å². The Bertz CT molecular complexity index is 703. The van der Waals surface area contributed by atoms with E-state index in [4.69, 9.17) is 4.98 Å². The van der Waals surface area contributed by atoms with Gasteiger partial charge in [0.2, 0.25) is 0 Å². The summed E-state index contributed by atoms with van der Waals surface area (Å²) in [5.74, 6) is 0. The monoisotopic (exact) mass is 360 g/mol. The molecular weight excluding hydrogens is 344 g/mol. The molecule has 0 fully saturated rings. The van der Waals surface area contributed by atoms with Gasteiger partial charge in [-0.1, -0.05) is 40.2 Å². The van der Waals surface area contributed by atoms with Crippen molar-refractivity contribution in [3.05, 3.63) is 63.6 Å². The van der Waals surface area contributed by atoms with Crippen molar-refractivity contribution in [3.63, 3.8) is 0 Å². The number of thiazole rings is 1. The van der Waals surface area contributed by atoms with Crippen molar-refractivity contribution in [2.24, 2.45) is 0 Å². The molecule has 0 saturated carbocycles. The first-order valence-electron chi connectivity index (χ1n) is 7.00. The minimum absolute atomic E-state index is 0.237. The zero-order valence-corrected chi connectivity index (χ0v) is 14.4. The van der Waals surface area contributed by atoms with E-state index in [2.05, 4.69) is 77.6 Å². The maximum Gasteiger partial charge on any atom is 0.111 e. The third kappa shape index (κ3) is 3.34. The fraction of sp³-hybridized carbons (Fsp3) is 0.235. The van der Waals surface area contributed by atoms with E-state index in [1.54, 1.807) is 11.3 Å². The molecule has 0 radical (unpaired) electrons. The molecule has 0 saturated heterocycles. The van der Waals surface area contributed by atoms with Gasteiger partial charge in [-0.25, -0.2) is 4.98 Å². The smallest absolute Gasteiger partial charge is 0.111 e. The van der Waals surface area contributed by atoms with Crippen molar-refractivity contribution in [1.82, 2.24) is 10.3 Å². The molecule has 0 aliphatic carbocycles. The van der Waals surface area contributed by atoms with Crippen LogP contribution in [0.5, 0.6) is 0 Å². The first-order chi connectivity index (χ1) is 10.1. The molecule has 0 aliphatic rings. The van der Waals surface area contributed by atoms with E-state index < -0.39 is 0 Å². The molecule has 1 heterocycles.